The van der Waals surface area contributed by atoms with Crippen molar-refractivity contribution in [3.63, 3.8) is 0 Å². The fraction of sp³-hybridized carbons (Fsp3) is 0.786. The van der Waals surface area contributed by atoms with Crippen LogP contribution in [0.2, 0.25) is 0 Å². The third-order valence-electron chi connectivity index (χ3n) is 2.93. The minimum atomic E-state index is -0.945. The summed E-state index contributed by atoms with van der Waals surface area (Å²) >= 11 is 0. The summed E-state index contributed by atoms with van der Waals surface area (Å²) < 4.78 is 0. The van der Waals surface area contributed by atoms with Crippen molar-refractivity contribution in [3.8, 4) is 0 Å². The van der Waals surface area contributed by atoms with Crippen molar-refractivity contribution < 1.29 is 19.5 Å². The fourth-order valence-corrected chi connectivity index (χ4v) is 1.90. The SMILES string of the molecule is CCCCCC(C)NC(=O)NC(=O)CC(C)CC(=O)O. The second-order valence-corrected chi connectivity index (χ2v) is 5.33. The Labute approximate surface area is 120 Å². The topological polar surface area (TPSA) is 95.5 Å². The van der Waals surface area contributed by atoms with Gasteiger partial charge in [-0.15, -0.1) is 0 Å². The van der Waals surface area contributed by atoms with Crippen molar-refractivity contribution in [2.24, 2.45) is 5.92 Å². The van der Waals surface area contributed by atoms with Gasteiger partial charge in [0, 0.05) is 18.9 Å². The third-order valence-corrected chi connectivity index (χ3v) is 2.93. The number of nitrogens with one attached hydrogen (secondary N) is 2. The van der Waals surface area contributed by atoms with Crippen LogP contribution in [0.3, 0.4) is 0 Å². The first kappa shape index (κ1) is 18.4. The first-order chi connectivity index (χ1) is 9.35. The van der Waals surface area contributed by atoms with Crippen molar-refractivity contribution in [2.45, 2.75) is 65.3 Å². The molecule has 6 nitrogen and oxygen atoms in total. The molecule has 3 amide bonds. The molecular weight excluding hydrogens is 260 g/mol. The van der Waals surface area contributed by atoms with Crippen molar-refractivity contribution in [3.05, 3.63) is 0 Å². The van der Waals surface area contributed by atoms with Gasteiger partial charge in [0.25, 0.3) is 0 Å². The van der Waals surface area contributed by atoms with Crippen LogP contribution in [0.1, 0.15) is 59.3 Å². The highest BCUT2D eigenvalue weighted by Crippen LogP contribution is 2.07. The first-order valence-corrected chi connectivity index (χ1v) is 7.17. The number of carboxylic acids is 1. The fourth-order valence-electron chi connectivity index (χ4n) is 1.90. The number of aliphatic carboxylic acids is 1. The molecule has 0 aliphatic carbocycles. The van der Waals surface area contributed by atoms with E-state index in [0.717, 1.165) is 25.7 Å². The van der Waals surface area contributed by atoms with Gasteiger partial charge in [-0.2, -0.15) is 0 Å². The van der Waals surface area contributed by atoms with Gasteiger partial charge in [-0.05, 0) is 19.3 Å². The average Bonchev–Trinajstić information content (AvgIpc) is 2.26. The van der Waals surface area contributed by atoms with E-state index in [0.29, 0.717) is 0 Å². The minimum absolute atomic E-state index is 0.0193. The Hall–Kier alpha value is -1.59. The molecule has 0 saturated carbocycles. The normalized spacial score (nSPS) is 13.3. The van der Waals surface area contributed by atoms with Crippen LogP contribution in [0.25, 0.3) is 0 Å². The van der Waals surface area contributed by atoms with Gasteiger partial charge in [-0.3, -0.25) is 14.9 Å². The highest BCUT2D eigenvalue weighted by atomic mass is 16.4. The summed E-state index contributed by atoms with van der Waals surface area (Å²) in [5, 5.41) is 13.5. The number of urea groups is 1. The van der Waals surface area contributed by atoms with E-state index >= 15 is 0 Å². The number of hydrogen-bond acceptors (Lipinski definition) is 3. The lowest BCUT2D eigenvalue weighted by molar-refractivity contribution is -0.138. The highest BCUT2D eigenvalue weighted by Gasteiger charge is 2.15. The predicted molar refractivity (Wildman–Crippen MR) is 76.3 cm³/mol. The van der Waals surface area contributed by atoms with E-state index in [1.165, 1.54) is 0 Å². The molecule has 0 aliphatic rings. The monoisotopic (exact) mass is 286 g/mol. The number of amides is 3. The molecule has 6 heteroatoms. The van der Waals surface area contributed by atoms with E-state index in [9.17, 15) is 14.4 Å². The van der Waals surface area contributed by atoms with Gasteiger partial charge in [0.15, 0.2) is 0 Å². The molecule has 0 rings (SSSR count). The summed E-state index contributed by atoms with van der Waals surface area (Å²) in [5.41, 5.74) is 0. The van der Waals surface area contributed by atoms with Crippen LogP contribution in [0, 0.1) is 5.92 Å². The highest BCUT2D eigenvalue weighted by molar-refractivity contribution is 5.94. The number of imide groups is 1. The van der Waals surface area contributed by atoms with Gasteiger partial charge < -0.3 is 10.4 Å². The van der Waals surface area contributed by atoms with Gasteiger partial charge in [0.05, 0.1) is 0 Å². The van der Waals surface area contributed by atoms with Gasteiger partial charge >= 0.3 is 12.0 Å². The Morgan fingerprint density at radius 1 is 1.10 bits per heavy atom. The maximum Gasteiger partial charge on any atom is 0.321 e. The number of rotatable bonds is 9. The van der Waals surface area contributed by atoms with Gasteiger partial charge in [-0.25, -0.2) is 4.79 Å². The summed E-state index contributed by atoms with van der Waals surface area (Å²) in [6.07, 6.45) is 4.12. The zero-order valence-corrected chi connectivity index (χ0v) is 12.6. The van der Waals surface area contributed by atoms with Crippen molar-refractivity contribution in [2.75, 3.05) is 0 Å². The minimum Gasteiger partial charge on any atom is -0.481 e. The molecule has 3 N–H and O–H groups in total. The molecule has 116 valence electrons. The quantitative estimate of drug-likeness (QED) is 0.567. The molecule has 2 unspecified atom stereocenters. The summed E-state index contributed by atoms with van der Waals surface area (Å²) in [4.78, 5) is 33.5. The smallest absolute Gasteiger partial charge is 0.321 e. The lowest BCUT2D eigenvalue weighted by Gasteiger charge is -2.14. The van der Waals surface area contributed by atoms with E-state index in [1.54, 1.807) is 6.92 Å². The molecule has 0 bridgehead atoms. The predicted octanol–water partition coefficient (Wildman–Crippen LogP) is 2.28. The Bertz CT molecular complexity index is 331. The van der Waals surface area contributed by atoms with E-state index < -0.39 is 17.9 Å². The third kappa shape index (κ3) is 10.3. The molecular formula is C14H26N2O4. The molecule has 20 heavy (non-hydrogen) atoms. The summed E-state index contributed by atoms with van der Waals surface area (Å²) in [6.45, 7) is 5.67. The maximum absolute atomic E-state index is 11.5. The summed E-state index contributed by atoms with van der Waals surface area (Å²) in [6, 6.07) is -0.493. The Morgan fingerprint density at radius 2 is 1.75 bits per heavy atom. The van der Waals surface area contributed by atoms with Crippen molar-refractivity contribution in [1.29, 1.82) is 0 Å². The first-order valence-electron chi connectivity index (χ1n) is 7.17. The maximum atomic E-state index is 11.5. The van der Waals surface area contributed by atoms with Gasteiger partial charge in [0.2, 0.25) is 5.91 Å². The Balaban J connectivity index is 3.89. The number of hydrogen-bond donors (Lipinski definition) is 3. The van der Waals surface area contributed by atoms with E-state index in [-0.39, 0.29) is 24.8 Å². The van der Waals surface area contributed by atoms with Crippen LogP contribution < -0.4 is 10.6 Å². The molecule has 0 aromatic rings. The van der Waals surface area contributed by atoms with E-state index in [2.05, 4.69) is 17.6 Å². The van der Waals surface area contributed by atoms with Crippen LogP contribution in [0.4, 0.5) is 4.79 Å². The lowest BCUT2D eigenvalue weighted by atomic mass is 10.0. The summed E-state index contributed by atoms with van der Waals surface area (Å²) in [7, 11) is 0. The largest absolute Gasteiger partial charge is 0.481 e. The zero-order valence-electron chi connectivity index (χ0n) is 12.6. The average molecular weight is 286 g/mol. The molecule has 0 radical (unpaired) electrons. The summed E-state index contributed by atoms with van der Waals surface area (Å²) in [5.74, 6) is -1.68. The number of carbonyl (C=O) groups excluding carboxylic acids is 2. The van der Waals surface area contributed by atoms with Crippen molar-refractivity contribution in [1.82, 2.24) is 10.6 Å². The van der Waals surface area contributed by atoms with Gasteiger partial charge in [0.1, 0.15) is 0 Å². The molecule has 2 atom stereocenters. The molecule has 0 heterocycles. The van der Waals surface area contributed by atoms with Crippen LogP contribution in [-0.2, 0) is 9.59 Å². The molecule has 0 spiro atoms. The molecule has 0 fully saturated rings. The molecule has 0 aromatic heterocycles. The molecule has 0 aromatic carbocycles. The van der Waals surface area contributed by atoms with Crippen LogP contribution in [-0.4, -0.2) is 29.1 Å². The lowest BCUT2D eigenvalue weighted by Crippen LogP contribution is -2.43. The Morgan fingerprint density at radius 3 is 2.30 bits per heavy atom. The number of unbranched alkanes of at least 4 members (excludes halogenated alkanes) is 2. The van der Waals surface area contributed by atoms with Crippen LogP contribution in [0.5, 0.6) is 0 Å². The second-order valence-electron chi connectivity index (χ2n) is 5.33. The molecule has 0 aliphatic heterocycles. The number of carbonyl (C=O) groups is 3. The zero-order chi connectivity index (χ0) is 15.5. The van der Waals surface area contributed by atoms with E-state index in [1.807, 2.05) is 6.92 Å². The Kier molecular flexibility index (Phi) is 9.41. The number of carboxylic acid groups (broad SMARTS) is 1. The van der Waals surface area contributed by atoms with Crippen LogP contribution in [0.15, 0.2) is 0 Å². The second kappa shape index (κ2) is 10.2. The van der Waals surface area contributed by atoms with Crippen LogP contribution >= 0.6 is 0 Å². The standard InChI is InChI=1S/C14H26N2O4/c1-4-5-6-7-11(3)15-14(20)16-12(17)8-10(2)9-13(18)19/h10-11H,4-9H2,1-3H3,(H,18,19)(H2,15,16,17,20). The van der Waals surface area contributed by atoms with Crippen molar-refractivity contribution >= 4 is 17.9 Å². The molecule has 0 saturated heterocycles. The van der Waals surface area contributed by atoms with E-state index in [4.69, 9.17) is 5.11 Å². The van der Waals surface area contributed by atoms with Gasteiger partial charge in [-0.1, -0.05) is 33.1 Å².